The molecule has 106 valence electrons. The number of aliphatic carboxylic acids is 1. The lowest BCUT2D eigenvalue weighted by molar-refractivity contribution is -0.146. The molecule has 1 aromatic carbocycles. The van der Waals surface area contributed by atoms with Crippen LogP contribution in [0.25, 0.3) is 0 Å². The summed E-state index contributed by atoms with van der Waals surface area (Å²) >= 11 is 5.80. The Morgan fingerprint density at radius 3 is 2.50 bits per heavy atom. The second-order valence-electron chi connectivity index (χ2n) is 4.64. The van der Waals surface area contributed by atoms with E-state index in [0.29, 0.717) is 17.9 Å². The van der Waals surface area contributed by atoms with E-state index in [-0.39, 0.29) is 11.4 Å². The standard InChI is InChI=1S/C14H14ClNO4/c15-8-5-6-12(17)11(7-8)16-13(18)9-3-1-2-4-10(9)14(19)20/h1-2,5-7,9-10,17H,3-4H2,(H,16,18)(H,19,20)/t9-,10+/m0/s1. The normalized spacial score (nSPS) is 21.4. The number of halogens is 1. The summed E-state index contributed by atoms with van der Waals surface area (Å²) in [6.45, 7) is 0. The molecule has 3 N–H and O–H groups in total. The van der Waals surface area contributed by atoms with Crippen LogP contribution >= 0.6 is 11.6 Å². The maximum Gasteiger partial charge on any atom is 0.307 e. The summed E-state index contributed by atoms with van der Waals surface area (Å²) in [5.41, 5.74) is 0.182. The number of carbonyl (C=O) groups excluding carboxylic acids is 1. The van der Waals surface area contributed by atoms with Gasteiger partial charge in [-0.05, 0) is 31.0 Å². The number of amides is 1. The van der Waals surface area contributed by atoms with Crippen LogP contribution < -0.4 is 5.32 Å². The van der Waals surface area contributed by atoms with Crippen molar-refractivity contribution in [3.63, 3.8) is 0 Å². The van der Waals surface area contributed by atoms with Gasteiger partial charge in [0.25, 0.3) is 0 Å². The third kappa shape index (κ3) is 3.11. The third-order valence-electron chi connectivity index (χ3n) is 3.30. The van der Waals surface area contributed by atoms with Crippen molar-refractivity contribution in [3.05, 3.63) is 35.4 Å². The second-order valence-corrected chi connectivity index (χ2v) is 5.08. The number of carboxylic acids is 1. The van der Waals surface area contributed by atoms with Gasteiger partial charge in [0, 0.05) is 5.02 Å². The number of phenolic OH excluding ortho intramolecular Hbond substituents is 1. The van der Waals surface area contributed by atoms with Gasteiger partial charge in [-0.25, -0.2) is 0 Å². The summed E-state index contributed by atoms with van der Waals surface area (Å²) in [5.74, 6) is -2.94. The van der Waals surface area contributed by atoms with Crippen LogP contribution in [0.4, 0.5) is 5.69 Å². The van der Waals surface area contributed by atoms with Gasteiger partial charge in [-0.3, -0.25) is 9.59 Å². The minimum Gasteiger partial charge on any atom is -0.506 e. The Morgan fingerprint density at radius 1 is 1.20 bits per heavy atom. The van der Waals surface area contributed by atoms with Crippen molar-refractivity contribution in [1.29, 1.82) is 0 Å². The first-order valence-electron chi connectivity index (χ1n) is 6.16. The van der Waals surface area contributed by atoms with E-state index in [2.05, 4.69) is 5.32 Å². The van der Waals surface area contributed by atoms with E-state index in [1.54, 1.807) is 12.2 Å². The van der Waals surface area contributed by atoms with Gasteiger partial charge in [-0.15, -0.1) is 0 Å². The molecule has 20 heavy (non-hydrogen) atoms. The first kappa shape index (κ1) is 14.4. The molecule has 0 radical (unpaired) electrons. The van der Waals surface area contributed by atoms with Gasteiger partial charge in [-0.1, -0.05) is 23.8 Å². The number of benzene rings is 1. The molecule has 1 amide bonds. The molecular weight excluding hydrogens is 282 g/mol. The van der Waals surface area contributed by atoms with Gasteiger partial charge in [0.2, 0.25) is 5.91 Å². The van der Waals surface area contributed by atoms with E-state index >= 15 is 0 Å². The monoisotopic (exact) mass is 295 g/mol. The highest BCUT2D eigenvalue weighted by Gasteiger charge is 2.34. The number of allylic oxidation sites excluding steroid dienone is 2. The van der Waals surface area contributed by atoms with Crippen molar-refractivity contribution in [2.24, 2.45) is 11.8 Å². The molecule has 5 nitrogen and oxygen atoms in total. The topological polar surface area (TPSA) is 86.6 Å². The number of hydrogen-bond donors (Lipinski definition) is 3. The van der Waals surface area contributed by atoms with Crippen molar-refractivity contribution in [3.8, 4) is 5.75 Å². The van der Waals surface area contributed by atoms with Crippen LogP contribution in [0, 0.1) is 11.8 Å². The zero-order valence-corrected chi connectivity index (χ0v) is 11.3. The van der Waals surface area contributed by atoms with Crippen LogP contribution in [-0.4, -0.2) is 22.1 Å². The van der Waals surface area contributed by atoms with Crippen LogP contribution in [0.15, 0.2) is 30.4 Å². The number of aromatic hydroxyl groups is 1. The van der Waals surface area contributed by atoms with Gasteiger partial charge in [-0.2, -0.15) is 0 Å². The lowest BCUT2D eigenvalue weighted by Gasteiger charge is -2.24. The van der Waals surface area contributed by atoms with E-state index in [1.807, 2.05) is 0 Å². The largest absolute Gasteiger partial charge is 0.506 e. The Labute approximate surface area is 120 Å². The van der Waals surface area contributed by atoms with Crippen LogP contribution in [0.2, 0.25) is 5.02 Å². The van der Waals surface area contributed by atoms with Crippen molar-refractivity contribution in [1.82, 2.24) is 0 Å². The predicted octanol–water partition coefficient (Wildman–Crippen LogP) is 2.65. The first-order chi connectivity index (χ1) is 9.49. The average Bonchev–Trinajstić information content (AvgIpc) is 2.42. The minimum atomic E-state index is -0.996. The van der Waals surface area contributed by atoms with Crippen molar-refractivity contribution in [2.45, 2.75) is 12.8 Å². The Hall–Kier alpha value is -2.01. The Bertz CT molecular complexity index is 570. The summed E-state index contributed by atoms with van der Waals surface area (Å²) in [6, 6.07) is 4.28. The van der Waals surface area contributed by atoms with Crippen molar-refractivity contribution in [2.75, 3.05) is 5.32 Å². The Kier molecular flexibility index (Phi) is 4.29. The molecular formula is C14H14ClNO4. The number of hydrogen-bond acceptors (Lipinski definition) is 3. The highest BCUT2D eigenvalue weighted by Crippen LogP contribution is 2.30. The van der Waals surface area contributed by atoms with Gasteiger partial charge >= 0.3 is 5.97 Å². The molecule has 2 rings (SSSR count). The van der Waals surface area contributed by atoms with Gasteiger partial charge in [0.05, 0.1) is 17.5 Å². The fraction of sp³-hybridized carbons (Fsp3) is 0.286. The number of phenols is 1. The van der Waals surface area contributed by atoms with E-state index in [9.17, 15) is 14.7 Å². The first-order valence-corrected chi connectivity index (χ1v) is 6.54. The molecule has 0 spiro atoms. The highest BCUT2D eigenvalue weighted by molar-refractivity contribution is 6.31. The van der Waals surface area contributed by atoms with Crippen molar-refractivity contribution >= 4 is 29.2 Å². The predicted molar refractivity (Wildman–Crippen MR) is 74.7 cm³/mol. The number of rotatable bonds is 3. The SMILES string of the molecule is O=C(Nc1cc(Cl)ccc1O)[C@H]1CC=CC[C@H]1C(=O)O. The molecule has 0 unspecified atom stereocenters. The lowest BCUT2D eigenvalue weighted by atomic mass is 9.82. The third-order valence-corrected chi connectivity index (χ3v) is 3.54. The summed E-state index contributed by atoms with van der Waals surface area (Å²) in [5, 5.41) is 21.7. The van der Waals surface area contributed by atoms with E-state index < -0.39 is 23.7 Å². The van der Waals surface area contributed by atoms with Crippen molar-refractivity contribution < 1.29 is 19.8 Å². The van der Waals surface area contributed by atoms with E-state index in [0.717, 1.165) is 0 Å². The molecule has 1 aliphatic carbocycles. The summed E-state index contributed by atoms with van der Waals surface area (Å²) in [7, 11) is 0. The summed E-state index contributed by atoms with van der Waals surface area (Å²) < 4.78 is 0. The molecule has 2 atom stereocenters. The molecule has 6 heteroatoms. The number of nitrogens with one attached hydrogen (secondary N) is 1. The van der Waals surface area contributed by atoms with Gasteiger partial charge in [0.15, 0.2) is 0 Å². The molecule has 0 aromatic heterocycles. The molecule has 1 aliphatic rings. The van der Waals surface area contributed by atoms with Gasteiger partial charge < -0.3 is 15.5 Å². The lowest BCUT2D eigenvalue weighted by Crippen LogP contribution is -2.34. The van der Waals surface area contributed by atoms with Crippen LogP contribution in [0.5, 0.6) is 5.75 Å². The molecule has 0 fully saturated rings. The van der Waals surface area contributed by atoms with E-state index in [1.165, 1.54) is 18.2 Å². The van der Waals surface area contributed by atoms with Crippen LogP contribution in [-0.2, 0) is 9.59 Å². The van der Waals surface area contributed by atoms with Crippen LogP contribution in [0.1, 0.15) is 12.8 Å². The molecule has 1 aromatic rings. The number of carboxylic acid groups (broad SMARTS) is 1. The highest BCUT2D eigenvalue weighted by atomic mass is 35.5. The molecule has 0 bridgehead atoms. The van der Waals surface area contributed by atoms with Crippen LogP contribution in [0.3, 0.4) is 0 Å². The quantitative estimate of drug-likeness (QED) is 0.591. The Balaban J connectivity index is 2.16. The zero-order chi connectivity index (χ0) is 14.7. The summed E-state index contributed by atoms with van der Waals surface area (Å²) in [4.78, 5) is 23.3. The maximum absolute atomic E-state index is 12.2. The maximum atomic E-state index is 12.2. The zero-order valence-electron chi connectivity index (χ0n) is 10.5. The molecule has 0 aliphatic heterocycles. The fourth-order valence-electron chi connectivity index (χ4n) is 2.21. The smallest absolute Gasteiger partial charge is 0.307 e. The van der Waals surface area contributed by atoms with Gasteiger partial charge in [0.1, 0.15) is 5.75 Å². The number of carbonyl (C=O) groups is 2. The number of anilines is 1. The summed E-state index contributed by atoms with van der Waals surface area (Å²) in [6.07, 6.45) is 4.25. The molecule has 0 heterocycles. The Morgan fingerprint density at radius 2 is 1.85 bits per heavy atom. The molecule has 0 saturated carbocycles. The minimum absolute atomic E-state index is 0.110. The fourth-order valence-corrected chi connectivity index (χ4v) is 2.38. The van der Waals surface area contributed by atoms with E-state index in [4.69, 9.17) is 16.7 Å². The second kappa shape index (κ2) is 5.96. The molecule has 0 saturated heterocycles. The average molecular weight is 296 g/mol.